The van der Waals surface area contributed by atoms with Gasteiger partial charge in [0.05, 0.1) is 5.41 Å². The molecule has 0 radical (unpaired) electrons. The quantitative estimate of drug-likeness (QED) is 0.775. The molecule has 1 saturated heterocycles. The highest BCUT2D eigenvalue weighted by atomic mass is 16.4. The van der Waals surface area contributed by atoms with Crippen LogP contribution in [0.4, 0.5) is 0 Å². The molecule has 2 unspecified atom stereocenters. The topological polar surface area (TPSA) is 83.6 Å². The second-order valence-electron chi connectivity index (χ2n) is 6.46. The van der Waals surface area contributed by atoms with E-state index in [4.69, 9.17) is 5.73 Å². The van der Waals surface area contributed by atoms with E-state index < -0.39 is 11.4 Å². The van der Waals surface area contributed by atoms with Gasteiger partial charge in [0, 0.05) is 25.6 Å². The summed E-state index contributed by atoms with van der Waals surface area (Å²) < 4.78 is 0. The molecule has 2 aliphatic rings. The summed E-state index contributed by atoms with van der Waals surface area (Å²) in [6, 6.07) is -0.0465. The normalized spacial score (nSPS) is 28.2. The van der Waals surface area contributed by atoms with Gasteiger partial charge in [0.1, 0.15) is 0 Å². The highest BCUT2D eigenvalue weighted by Crippen LogP contribution is 2.36. The van der Waals surface area contributed by atoms with Gasteiger partial charge in [0.15, 0.2) is 0 Å². The largest absolute Gasteiger partial charge is 0.481 e. The Labute approximate surface area is 120 Å². The third-order valence-electron chi connectivity index (χ3n) is 4.75. The molecule has 1 aliphatic heterocycles. The van der Waals surface area contributed by atoms with Crippen molar-refractivity contribution in [3.8, 4) is 0 Å². The van der Waals surface area contributed by atoms with Crippen molar-refractivity contribution in [2.24, 2.45) is 17.1 Å². The standard InChI is InChI=1S/C15H26N2O3/c1-2-6-15(14(19)20)7-3-8-17(10-15)13(18)9-12(16)11-4-5-11/h11-12H,2-10,16H2,1H3,(H,19,20). The zero-order valence-electron chi connectivity index (χ0n) is 12.3. The highest BCUT2D eigenvalue weighted by Gasteiger charge is 2.43. The maximum Gasteiger partial charge on any atom is 0.311 e. The summed E-state index contributed by atoms with van der Waals surface area (Å²) in [6.07, 6.45) is 5.54. The van der Waals surface area contributed by atoms with E-state index in [2.05, 4.69) is 0 Å². The number of nitrogens with two attached hydrogens (primary N) is 1. The van der Waals surface area contributed by atoms with Crippen molar-refractivity contribution >= 4 is 11.9 Å². The fourth-order valence-corrected chi connectivity index (χ4v) is 3.33. The molecule has 0 aromatic rings. The number of hydrogen-bond acceptors (Lipinski definition) is 3. The van der Waals surface area contributed by atoms with Gasteiger partial charge in [-0.1, -0.05) is 13.3 Å². The predicted octanol–water partition coefficient (Wildman–Crippen LogP) is 1.61. The van der Waals surface area contributed by atoms with Crippen LogP contribution in [-0.2, 0) is 9.59 Å². The first-order chi connectivity index (χ1) is 9.48. The number of aliphatic carboxylic acids is 1. The smallest absolute Gasteiger partial charge is 0.311 e. The number of hydrogen-bond donors (Lipinski definition) is 2. The molecule has 0 spiro atoms. The summed E-state index contributed by atoms with van der Waals surface area (Å²) in [6.45, 7) is 3.02. The Morgan fingerprint density at radius 2 is 2.15 bits per heavy atom. The Kier molecular flexibility index (Phi) is 4.68. The molecule has 0 aromatic carbocycles. The molecule has 1 heterocycles. The number of carboxylic acid groups (broad SMARTS) is 1. The van der Waals surface area contributed by atoms with Crippen molar-refractivity contribution in [3.05, 3.63) is 0 Å². The number of carboxylic acids is 1. The minimum absolute atomic E-state index is 0.0332. The Morgan fingerprint density at radius 3 is 2.70 bits per heavy atom. The average molecular weight is 282 g/mol. The molecule has 2 rings (SSSR count). The van der Waals surface area contributed by atoms with E-state index in [-0.39, 0.29) is 11.9 Å². The lowest BCUT2D eigenvalue weighted by Gasteiger charge is -2.40. The van der Waals surface area contributed by atoms with E-state index in [1.165, 1.54) is 0 Å². The molecule has 5 heteroatoms. The van der Waals surface area contributed by atoms with Gasteiger partial charge in [-0.05, 0) is 38.0 Å². The molecule has 5 nitrogen and oxygen atoms in total. The van der Waals surface area contributed by atoms with Crippen LogP contribution >= 0.6 is 0 Å². The van der Waals surface area contributed by atoms with Crippen molar-refractivity contribution in [1.82, 2.24) is 4.90 Å². The summed E-state index contributed by atoms with van der Waals surface area (Å²) in [5, 5.41) is 9.54. The van der Waals surface area contributed by atoms with Crippen LogP contribution in [0.2, 0.25) is 0 Å². The number of amides is 1. The maximum atomic E-state index is 12.3. The summed E-state index contributed by atoms with van der Waals surface area (Å²) in [5.74, 6) is -0.224. The van der Waals surface area contributed by atoms with E-state index in [9.17, 15) is 14.7 Å². The predicted molar refractivity (Wildman–Crippen MR) is 76.1 cm³/mol. The maximum absolute atomic E-state index is 12.3. The van der Waals surface area contributed by atoms with E-state index >= 15 is 0 Å². The van der Waals surface area contributed by atoms with Gasteiger partial charge < -0.3 is 15.7 Å². The summed E-state index contributed by atoms with van der Waals surface area (Å²) in [7, 11) is 0. The van der Waals surface area contributed by atoms with Gasteiger partial charge in [-0.3, -0.25) is 9.59 Å². The first-order valence-electron chi connectivity index (χ1n) is 7.75. The highest BCUT2D eigenvalue weighted by molar-refractivity contribution is 5.80. The van der Waals surface area contributed by atoms with Gasteiger partial charge in [-0.25, -0.2) is 0 Å². The first kappa shape index (κ1) is 15.3. The van der Waals surface area contributed by atoms with Gasteiger partial charge in [-0.2, -0.15) is 0 Å². The van der Waals surface area contributed by atoms with Gasteiger partial charge in [0.25, 0.3) is 0 Å². The minimum atomic E-state index is -0.761. The molecule has 2 fully saturated rings. The molecule has 1 amide bonds. The third kappa shape index (κ3) is 3.32. The van der Waals surface area contributed by atoms with Crippen LogP contribution < -0.4 is 5.73 Å². The van der Waals surface area contributed by atoms with Crippen LogP contribution in [0.15, 0.2) is 0 Å². The SMILES string of the molecule is CCCC1(C(=O)O)CCCN(C(=O)CC(N)C2CC2)C1. The van der Waals surface area contributed by atoms with E-state index in [1.54, 1.807) is 4.90 Å². The number of carbonyl (C=O) groups is 2. The second-order valence-corrected chi connectivity index (χ2v) is 6.46. The Hall–Kier alpha value is -1.10. The zero-order valence-corrected chi connectivity index (χ0v) is 12.3. The number of rotatable bonds is 6. The Balaban J connectivity index is 1.97. The van der Waals surface area contributed by atoms with Gasteiger partial charge in [-0.15, -0.1) is 0 Å². The lowest BCUT2D eigenvalue weighted by molar-refractivity contribution is -0.155. The second kappa shape index (κ2) is 6.12. The average Bonchev–Trinajstić information content (AvgIpc) is 3.23. The minimum Gasteiger partial charge on any atom is -0.481 e. The van der Waals surface area contributed by atoms with E-state index in [0.29, 0.717) is 38.3 Å². The monoisotopic (exact) mass is 282 g/mol. The third-order valence-corrected chi connectivity index (χ3v) is 4.75. The van der Waals surface area contributed by atoms with Crippen LogP contribution in [0, 0.1) is 11.3 Å². The van der Waals surface area contributed by atoms with Crippen molar-refractivity contribution in [2.45, 2.75) is 57.9 Å². The van der Waals surface area contributed by atoms with Crippen LogP contribution in [0.1, 0.15) is 51.9 Å². The van der Waals surface area contributed by atoms with Crippen LogP contribution in [0.3, 0.4) is 0 Å². The van der Waals surface area contributed by atoms with Crippen LogP contribution in [0.5, 0.6) is 0 Å². The number of likely N-dealkylation sites (tertiary alicyclic amines) is 1. The molecule has 1 aliphatic carbocycles. The van der Waals surface area contributed by atoms with Crippen LogP contribution in [0.25, 0.3) is 0 Å². The molecular formula is C15H26N2O3. The Bertz CT molecular complexity index is 377. The number of carbonyl (C=O) groups excluding carboxylic acids is 1. The lowest BCUT2D eigenvalue weighted by atomic mass is 9.76. The summed E-state index contributed by atoms with van der Waals surface area (Å²) >= 11 is 0. The summed E-state index contributed by atoms with van der Waals surface area (Å²) in [4.78, 5) is 25.7. The van der Waals surface area contributed by atoms with Crippen molar-refractivity contribution in [1.29, 1.82) is 0 Å². The molecule has 3 N–H and O–H groups in total. The lowest BCUT2D eigenvalue weighted by Crippen LogP contribution is -2.50. The van der Waals surface area contributed by atoms with Gasteiger partial charge in [0.2, 0.25) is 5.91 Å². The molecule has 114 valence electrons. The molecular weight excluding hydrogens is 256 g/mol. The number of piperidine rings is 1. The summed E-state index contributed by atoms with van der Waals surface area (Å²) in [5.41, 5.74) is 5.27. The molecule has 0 bridgehead atoms. The zero-order chi connectivity index (χ0) is 14.8. The van der Waals surface area contributed by atoms with Gasteiger partial charge >= 0.3 is 5.97 Å². The Morgan fingerprint density at radius 1 is 1.45 bits per heavy atom. The molecule has 1 saturated carbocycles. The number of nitrogens with zero attached hydrogens (tertiary/aromatic N) is 1. The van der Waals surface area contributed by atoms with Crippen molar-refractivity contribution in [3.63, 3.8) is 0 Å². The fourth-order valence-electron chi connectivity index (χ4n) is 3.33. The molecule has 2 atom stereocenters. The van der Waals surface area contributed by atoms with Crippen LogP contribution in [-0.4, -0.2) is 41.0 Å². The van der Waals surface area contributed by atoms with Crippen molar-refractivity contribution in [2.75, 3.05) is 13.1 Å². The first-order valence-corrected chi connectivity index (χ1v) is 7.75. The van der Waals surface area contributed by atoms with Crippen molar-refractivity contribution < 1.29 is 14.7 Å². The fraction of sp³-hybridized carbons (Fsp3) is 0.867. The van der Waals surface area contributed by atoms with E-state index in [0.717, 1.165) is 25.7 Å². The molecule has 0 aromatic heterocycles. The van der Waals surface area contributed by atoms with E-state index in [1.807, 2.05) is 6.92 Å². The molecule has 20 heavy (non-hydrogen) atoms.